The molecule has 0 aliphatic rings. The van der Waals surface area contributed by atoms with Crippen molar-refractivity contribution in [3.05, 3.63) is 53.6 Å². The molecule has 0 saturated heterocycles. The monoisotopic (exact) mass is 302 g/mol. The number of thioether (sulfide) groups is 1. The Morgan fingerprint density at radius 1 is 1.05 bits per heavy atom. The van der Waals surface area contributed by atoms with Crippen LogP contribution >= 0.6 is 11.8 Å². The van der Waals surface area contributed by atoms with E-state index in [-0.39, 0.29) is 5.78 Å². The molecule has 0 fully saturated rings. The van der Waals surface area contributed by atoms with Gasteiger partial charge in [-0.15, -0.1) is 11.8 Å². The van der Waals surface area contributed by atoms with E-state index in [9.17, 15) is 4.79 Å². The minimum atomic E-state index is 0.132. The van der Waals surface area contributed by atoms with Crippen LogP contribution in [0.5, 0.6) is 11.5 Å². The van der Waals surface area contributed by atoms with Crippen LogP contribution < -0.4 is 9.47 Å². The second-order valence-corrected chi connectivity index (χ2v) is 5.59. The third kappa shape index (κ3) is 3.79. The van der Waals surface area contributed by atoms with Crippen molar-refractivity contribution in [2.24, 2.45) is 0 Å². The Balaban J connectivity index is 2.06. The van der Waals surface area contributed by atoms with Crippen molar-refractivity contribution in [2.75, 3.05) is 20.0 Å². The molecule has 0 bridgehead atoms. The number of rotatable bonds is 6. The Labute approximate surface area is 129 Å². The standard InChI is InChI=1S/C17H18O3S/c1-12-6-4-5-7-14(12)15(18)11-21-13-8-9-16(19-2)17(10-13)20-3/h4-10H,11H2,1-3H3. The molecule has 4 heteroatoms. The van der Waals surface area contributed by atoms with Gasteiger partial charge in [0.2, 0.25) is 0 Å². The van der Waals surface area contributed by atoms with Crippen LogP contribution in [0.1, 0.15) is 15.9 Å². The van der Waals surface area contributed by atoms with Gasteiger partial charge in [0.1, 0.15) is 0 Å². The molecule has 0 aliphatic carbocycles. The van der Waals surface area contributed by atoms with Gasteiger partial charge in [-0.2, -0.15) is 0 Å². The van der Waals surface area contributed by atoms with Crippen LogP contribution in [0.3, 0.4) is 0 Å². The summed E-state index contributed by atoms with van der Waals surface area (Å²) in [5, 5.41) is 0. The van der Waals surface area contributed by atoms with Gasteiger partial charge < -0.3 is 9.47 Å². The van der Waals surface area contributed by atoms with Gasteiger partial charge in [0.05, 0.1) is 20.0 Å². The molecule has 0 spiro atoms. The van der Waals surface area contributed by atoms with Gasteiger partial charge in [-0.25, -0.2) is 0 Å². The highest BCUT2D eigenvalue weighted by molar-refractivity contribution is 8.00. The van der Waals surface area contributed by atoms with E-state index >= 15 is 0 Å². The Morgan fingerprint density at radius 2 is 1.76 bits per heavy atom. The summed E-state index contributed by atoms with van der Waals surface area (Å²) in [4.78, 5) is 13.2. The maximum atomic E-state index is 12.2. The summed E-state index contributed by atoms with van der Waals surface area (Å²) in [6.07, 6.45) is 0. The van der Waals surface area contributed by atoms with Gasteiger partial charge in [-0.05, 0) is 30.7 Å². The SMILES string of the molecule is COc1ccc(SCC(=O)c2ccccc2C)cc1OC. The van der Waals surface area contributed by atoms with E-state index in [0.717, 1.165) is 16.0 Å². The smallest absolute Gasteiger partial charge is 0.173 e. The zero-order valence-electron chi connectivity index (χ0n) is 12.4. The number of aryl methyl sites for hydroxylation is 1. The van der Waals surface area contributed by atoms with Crippen molar-refractivity contribution in [1.82, 2.24) is 0 Å². The minimum absolute atomic E-state index is 0.132. The second-order valence-electron chi connectivity index (χ2n) is 4.54. The number of ether oxygens (including phenoxy) is 2. The van der Waals surface area contributed by atoms with Crippen LogP contribution in [-0.4, -0.2) is 25.8 Å². The van der Waals surface area contributed by atoms with Crippen molar-refractivity contribution < 1.29 is 14.3 Å². The summed E-state index contributed by atoms with van der Waals surface area (Å²) in [5.41, 5.74) is 1.79. The molecule has 0 aromatic heterocycles. The molecule has 0 radical (unpaired) electrons. The van der Waals surface area contributed by atoms with Gasteiger partial charge >= 0.3 is 0 Å². The number of hydrogen-bond acceptors (Lipinski definition) is 4. The van der Waals surface area contributed by atoms with Crippen molar-refractivity contribution in [1.29, 1.82) is 0 Å². The van der Waals surface area contributed by atoms with E-state index in [2.05, 4.69) is 0 Å². The summed E-state index contributed by atoms with van der Waals surface area (Å²) in [6.45, 7) is 1.95. The first kappa shape index (κ1) is 15.4. The number of ketones is 1. The van der Waals surface area contributed by atoms with Gasteiger partial charge in [0, 0.05) is 10.5 Å². The van der Waals surface area contributed by atoms with Gasteiger partial charge in [-0.1, -0.05) is 24.3 Å². The number of carbonyl (C=O) groups is 1. The maximum Gasteiger partial charge on any atom is 0.173 e. The molecule has 0 unspecified atom stereocenters. The molecule has 0 aliphatic heterocycles. The zero-order valence-corrected chi connectivity index (χ0v) is 13.2. The first-order valence-corrected chi connectivity index (χ1v) is 7.58. The van der Waals surface area contributed by atoms with Gasteiger partial charge in [-0.3, -0.25) is 4.79 Å². The molecule has 3 nitrogen and oxygen atoms in total. The van der Waals surface area contributed by atoms with Crippen molar-refractivity contribution >= 4 is 17.5 Å². The van der Waals surface area contributed by atoms with E-state index in [1.54, 1.807) is 14.2 Å². The average molecular weight is 302 g/mol. The predicted molar refractivity (Wildman–Crippen MR) is 85.8 cm³/mol. The lowest BCUT2D eigenvalue weighted by Crippen LogP contribution is -2.04. The zero-order chi connectivity index (χ0) is 15.2. The Hall–Kier alpha value is -1.94. The lowest BCUT2D eigenvalue weighted by atomic mass is 10.1. The fourth-order valence-electron chi connectivity index (χ4n) is 2.02. The third-order valence-corrected chi connectivity index (χ3v) is 4.16. The highest BCUT2D eigenvalue weighted by atomic mass is 32.2. The molecule has 0 saturated carbocycles. The molecule has 110 valence electrons. The fourth-order valence-corrected chi connectivity index (χ4v) is 2.83. The van der Waals surface area contributed by atoms with Crippen molar-refractivity contribution in [2.45, 2.75) is 11.8 Å². The third-order valence-electron chi connectivity index (χ3n) is 3.17. The quantitative estimate of drug-likeness (QED) is 0.597. The Morgan fingerprint density at radius 3 is 2.43 bits per heavy atom. The Bertz CT molecular complexity index is 638. The van der Waals surface area contributed by atoms with Crippen LogP contribution in [-0.2, 0) is 0 Å². The van der Waals surface area contributed by atoms with Crippen LogP contribution in [0.15, 0.2) is 47.4 Å². The molecular formula is C17H18O3S. The summed E-state index contributed by atoms with van der Waals surface area (Å²) in [6, 6.07) is 13.3. The van der Waals surface area contributed by atoms with Crippen LogP contribution in [0.4, 0.5) is 0 Å². The number of methoxy groups -OCH3 is 2. The molecule has 2 aromatic rings. The van der Waals surface area contributed by atoms with Gasteiger partial charge in [0.15, 0.2) is 17.3 Å². The normalized spacial score (nSPS) is 10.2. The number of Topliss-reactive ketones (excluding diaryl/α,β-unsaturated/α-hetero) is 1. The summed E-state index contributed by atoms with van der Waals surface area (Å²) >= 11 is 1.50. The van der Waals surface area contributed by atoms with Crippen LogP contribution in [0, 0.1) is 6.92 Å². The van der Waals surface area contributed by atoms with E-state index < -0.39 is 0 Å². The molecule has 0 heterocycles. The largest absolute Gasteiger partial charge is 0.493 e. The van der Waals surface area contributed by atoms with E-state index in [1.807, 2.05) is 49.4 Å². The van der Waals surface area contributed by atoms with E-state index in [4.69, 9.17) is 9.47 Å². The lowest BCUT2D eigenvalue weighted by Gasteiger charge is -2.09. The maximum absolute atomic E-state index is 12.2. The van der Waals surface area contributed by atoms with Crippen LogP contribution in [0.2, 0.25) is 0 Å². The lowest BCUT2D eigenvalue weighted by molar-refractivity contribution is 0.102. The van der Waals surface area contributed by atoms with Crippen molar-refractivity contribution in [3.63, 3.8) is 0 Å². The molecule has 0 amide bonds. The van der Waals surface area contributed by atoms with E-state index in [0.29, 0.717) is 17.3 Å². The average Bonchev–Trinajstić information content (AvgIpc) is 2.52. The summed E-state index contributed by atoms with van der Waals surface area (Å²) < 4.78 is 10.5. The molecule has 0 N–H and O–H groups in total. The molecule has 0 atom stereocenters. The summed E-state index contributed by atoms with van der Waals surface area (Å²) in [5.74, 6) is 1.89. The highest BCUT2D eigenvalue weighted by Gasteiger charge is 2.10. The van der Waals surface area contributed by atoms with Gasteiger partial charge in [0.25, 0.3) is 0 Å². The number of benzene rings is 2. The van der Waals surface area contributed by atoms with Crippen molar-refractivity contribution in [3.8, 4) is 11.5 Å². The first-order chi connectivity index (χ1) is 10.2. The predicted octanol–water partition coefficient (Wildman–Crippen LogP) is 3.99. The minimum Gasteiger partial charge on any atom is -0.493 e. The molecular weight excluding hydrogens is 284 g/mol. The van der Waals surface area contributed by atoms with Crippen LogP contribution in [0.25, 0.3) is 0 Å². The number of carbonyl (C=O) groups excluding carboxylic acids is 1. The first-order valence-electron chi connectivity index (χ1n) is 6.59. The molecule has 2 aromatic carbocycles. The topological polar surface area (TPSA) is 35.5 Å². The second kappa shape index (κ2) is 7.18. The highest BCUT2D eigenvalue weighted by Crippen LogP contribution is 2.32. The molecule has 21 heavy (non-hydrogen) atoms. The molecule has 2 rings (SSSR count). The summed E-state index contributed by atoms with van der Waals surface area (Å²) in [7, 11) is 3.21. The fraction of sp³-hybridized carbons (Fsp3) is 0.235. The Kier molecular flexibility index (Phi) is 5.28. The van der Waals surface area contributed by atoms with E-state index in [1.165, 1.54) is 11.8 Å². The number of hydrogen-bond donors (Lipinski definition) is 0.